The highest BCUT2D eigenvalue weighted by atomic mass is 16.4. The van der Waals surface area contributed by atoms with Gasteiger partial charge in [0.1, 0.15) is 6.54 Å². The zero-order chi connectivity index (χ0) is 13.0. The summed E-state index contributed by atoms with van der Waals surface area (Å²) in [6.07, 6.45) is 3.17. The summed E-state index contributed by atoms with van der Waals surface area (Å²) in [4.78, 5) is 23.4. The van der Waals surface area contributed by atoms with E-state index in [1.54, 1.807) is 0 Å². The van der Waals surface area contributed by atoms with Crippen molar-refractivity contribution in [1.29, 1.82) is 0 Å². The molecule has 0 aliphatic heterocycles. The molecule has 5 nitrogen and oxygen atoms in total. The van der Waals surface area contributed by atoms with Gasteiger partial charge in [0.15, 0.2) is 0 Å². The van der Waals surface area contributed by atoms with Gasteiger partial charge in [0.25, 0.3) is 0 Å². The highest BCUT2D eigenvalue weighted by molar-refractivity contribution is 5.79. The number of nitrogens with one attached hydrogen (secondary N) is 1. The van der Waals surface area contributed by atoms with Crippen molar-refractivity contribution in [3.05, 3.63) is 0 Å². The molecule has 0 aromatic rings. The standard InChI is InChI=1S/C12H22N2O3/c1-8-4-9(2)6-10(5-8)13-12(17)14(3)7-11(15)16/h8-10H,4-7H2,1-3H3,(H,13,17)(H,15,16). The van der Waals surface area contributed by atoms with Crippen LogP contribution in [0.5, 0.6) is 0 Å². The number of hydrogen-bond donors (Lipinski definition) is 2. The number of aliphatic carboxylic acids is 1. The first-order valence-corrected chi connectivity index (χ1v) is 6.12. The molecule has 0 heterocycles. The van der Waals surface area contributed by atoms with E-state index in [-0.39, 0.29) is 18.6 Å². The highest BCUT2D eigenvalue weighted by Crippen LogP contribution is 2.28. The molecule has 1 saturated carbocycles. The SMILES string of the molecule is CC1CC(C)CC(NC(=O)N(C)CC(=O)O)C1. The van der Waals surface area contributed by atoms with E-state index in [9.17, 15) is 9.59 Å². The second-order valence-electron chi connectivity index (χ2n) is 5.31. The monoisotopic (exact) mass is 242 g/mol. The molecule has 2 unspecified atom stereocenters. The van der Waals surface area contributed by atoms with Crippen molar-refractivity contribution in [2.24, 2.45) is 11.8 Å². The molecule has 1 fully saturated rings. The number of urea groups is 1. The molecule has 0 saturated heterocycles. The van der Waals surface area contributed by atoms with Crippen LogP contribution in [0.1, 0.15) is 33.1 Å². The van der Waals surface area contributed by atoms with E-state index >= 15 is 0 Å². The number of rotatable bonds is 3. The summed E-state index contributed by atoms with van der Waals surface area (Å²) in [5, 5.41) is 11.5. The van der Waals surface area contributed by atoms with Crippen molar-refractivity contribution in [2.45, 2.75) is 39.2 Å². The van der Waals surface area contributed by atoms with Crippen LogP contribution in [0.3, 0.4) is 0 Å². The molecule has 0 aromatic heterocycles. The summed E-state index contributed by atoms with van der Waals surface area (Å²) in [6.45, 7) is 4.12. The summed E-state index contributed by atoms with van der Waals surface area (Å²) in [5.41, 5.74) is 0. The number of hydrogen-bond acceptors (Lipinski definition) is 2. The van der Waals surface area contributed by atoms with Crippen LogP contribution in [-0.4, -0.2) is 41.6 Å². The topological polar surface area (TPSA) is 69.6 Å². The van der Waals surface area contributed by atoms with Crippen molar-refractivity contribution in [1.82, 2.24) is 10.2 Å². The maximum absolute atomic E-state index is 11.7. The van der Waals surface area contributed by atoms with E-state index in [1.807, 2.05) is 0 Å². The third kappa shape index (κ3) is 4.63. The largest absolute Gasteiger partial charge is 0.480 e. The number of likely N-dealkylation sites (N-methyl/N-ethyl adjacent to an activating group) is 1. The van der Waals surface area contributed by atoms with Crippen LogP contribution in [0.4, 0.5) is 4.79 Å². The van der Waals surface area contributed by atoms with Crippen molar-refractivity contribution in [3.8, 4) is 0 Å². The minimum atomic E-state index is -0.993. The van der Waals surface area contributed by atoms with Crippen LogP contribution in [0.15, 0.2) is 0 Å². The highest BCUT2D eigenvalue weighted by Gasteiger charge is 2.26. The molecule has 1 aliphatic rings. The Balaban J connectivity index is 2.42. The van der Waals surface area contributed by atoms with E-state index in [4.69, 9.17) is 5.11 Å². The number of amides is 2. The molecule has 2 amide bonds. The molecule has 0 bridgehead atoms. The van der Waals surface area contributed by atoms with Crippen LogP contribution in [0.25, 0.3) is 0 Å². The first-order chi connectivity index (χ1) is 7.88. The smallest absolute Gasteiger partial charge is 0.323 e. The molecule has 0 radical (unpaired) electrons. The molecule has 2 atom stereocenters. The maximum atomic E-state index is 11.7. The average molecular weight is 242 g/mol. The summed E-state index contributed by atoms with van der Waals surface area (Å²) in [6, 6.07) is -0.115. The van der Waals surface area contributed by atoms with E-state index in [2.05, 4.69) is 19.2 Å². The first-order valence-electron chi connectivity index (χ1n) is 6.12. The third-order valence-electron chi connectivity index (χ3n) is 3.23. The van der Waals surface area contributed by atoms with Gasteiger partial charge in [-0.05, 0) is 31.1 Å². The molecule has 17 heavy (non-hydrogen) atoms. The normalized spacial score (nSPS) is 28.5. The molecule has 5 heteroatoms. The molecule has 0 spiro atoms. The number of nitrogens with zero attached hydrogens (tertiary/aromatic N) is 1. The van der Waals surface area contributed by atoms with Gasteiger partial charge in [-0.2, -0.15) is 0 Å². The van der Waals surface area contributed by atoms with Crippen molar-refractivity contribution in [2.75, 3.05) is 13.6 Å². The van der Waals surface area contributed by atoms with Gasteiger partial charge >= 0.3 is 12.0 Å². The minimum Gasteiger partial charge on any atom is -0.480 e. The van der Waals surface area contributed by atoms with E-state index in [1.165, 1.54) is 18.4 Å². The van der Waals surface area contributed by atoms with Crippen LogP contribution < -0.4 is 5.32 Å². The lowest BCUT2D eigenvalue weighted by Crippen LogP contribution is -2.47. The van der Waals surface area contributed by atoms with Crippen LogP contribution in [0, 0.1) is 11.8 Å². The minimum absolute atomic E-state index is 0.178. The number of carboxylic acid groups (broad SMARTS) is 1. The van der Waals surface area contributed by atoms with Gasteiger partial charge in [-0.25, -0.2) is 4.79 Å². The third-order valence-corrected chi connectivity index (χ3v) is 3.23. The van der Waals surface area contributed by atoms with Crippen LogP contribution in [-0.2, 0) is 4.79 Å². The summed E-state index contributed by atoms with van der Waals surface area (Å²) < 4.78 is 0. The van der Waals surface area contributed by atoms with Crippen LogP contribution in [0.2, 0.25) is 0 Å². The van der Waals surface area contributed by atoms with Gasteiger partial charge in [0.2, 0.25) is 0 Å². The second-order valence-corrected chi connectivity index (χ2v) is 5.31. The Bertz CT molecular complexity index is 283. The predicted octanol–water partition coefficient (Wildman–Crippen LogP) is 1.54. The van der Waals surface area contributed by atoms with Crippen molar-refractivity contribution >= 4 is 12.0 Å². The lowest BCUT2D eigenvalue weighted by molar-refractivity contribution is -0.137. The fraction of sp³-hybridized carbons (Fsp3) is 0.833. The Morgan fingerprint density at radius 1 is 1.24 bits per heavy atom. The summed E-state index contributed by atoms with van der Waals surface area (Å²) >= 11 is 0. The number of carbonyl (C=O) groups is 2. The van der Waals surface area contributed by atoms with Gasteiger partial charge < -0.3 is 15.3 Å². The molecule has 98 valence electrons. The van der Waals surface area contributed by atoms with Crippen molar-refractivity contribution < 1.29 is 14.7 Å². The average Bonchev–Trinajstić information content (AvgIpc) is 2.14. The van der Waals surface area contributed by atoms with Crippen LogP contribution >= 0.6 is 0 Å². The number of carboxylic acids is 1. The molecule has 0 aromatic carbocycles. The van der Waals surface area contributed by atoms with Gasteiger partial charge in [0.05, 0.1) is 0 Å². The van der Waals surface area contributed by atoms with Gasteiger partial charge in [-0.1, -0.05) is 13.8 Å². The summed E-state index contributed by atoms with van der Waals surface area (Å²) in [7, 11) is 1.50. The zero-order valence-electron chi connectivity index (χ0n) is 10.8. The Morgan fingerprint density at radius 3 is 2.24 bits per heavy atom. The molecule has 1 aliphatic carbocycles. The molecule has 1 rings (SSSR count). The van der Waals surface area contributed by atoms with Gasteiger partial charge in [-0.15, -0.1) is 0 Å². The molecular weight excluding hydrogens is 220 g/mol. The quantitative estimate of drug-likeness (QED) is 0.788. The van der Waals surface area contributed by atoms with E-state index in [0.29, 0.717) is 11.8 Å². The lowest BCUT2D eigenvalue weighted by Gasteiger charge is -2.32. The van der Waals surface area contributed by atoms with Crippen molar-refractivity contribution in [3.63, 3.8) is 0 Å². The number of carbonyl (C=O) groups excluding carboxylic acids is 1. The fourth-order valence-corrected chi connectivity index (χ4v) is 2.62. The Morgan fingerprint density at radius 2 is 1.76 bits per heavy atom. The Kier molecular flexibility index (Phi) is 4.78. The van der Waals surface area contributed by atoms with E-state index < -0.39 is 5.97 Å². The van der Waals surface area contributed by atoms with Gasteiger partial charge in [-0.3, -0.25) is 4.79 Å². The summed E-state index contributed by atoms with van der Waals surface area (Å²) in [5.74, 6) is 0.246. The molecular formula is C12H22N2O3. The lowest BCUT2D eigenvalue weighted by atomic mass is 9.80. The fourth-order valence-electron chi connectivity index (χ4n) is 2.62. The van der Waals surface area contributed by atoms with Gasteiger partial charge in [0, 0.05) is 13.1 Å². The Labute approximate surface area is 102 Å². The Hall–Kier alpha value is -1.26. The maximum Gasteiger partial charge on any atom is 0.323 e. The zero-order valence-corrected chi connectivity index (χ0v) is 10.8. The molecule has 2 N–H and O–H groups in total. The first kappa shape index (κ1) is 13.8. The van der Waals surface area contributed by atoms with E-state index in [0.717, 1.165) is 12.8 Å². The second kappa shape index (κ2) is 5.89. The predicted molar refractivity (Wildman–Crippen MR) is 64.8 cm³/mol.